The number of pyridine rings is 1. The molecular weight excluding hydrogens is 170 g/mol. The van der Waals surface area contributed by atoms with Crippen LogP contribution in [0.25, 0.3) is 0 Å². The predicted molar refractivity (Wildman–Crippen MR) is 61.9 cm³/mol. The van der Waals surface area contributed by atoms with Gasteiger partial charge in [0, 0.05) is 11.4 Å². The first-order valence-electron chi connectivity index (χ1n) is 5.41. The van der Waals surface area contributed by atoms with Crippen LogP contribution in [-0.4, -0.2) is 4.98 Å². The third-order valence-electron chi connectivity index (χ3n) is 2.79. The van der Waals surface area contributed by atoms with Gasteiger partial charge in [0.05, 0.1) is 0 Å². The van der Waals surface area contributed by atoms with E-state index in [9.17, 15) is 0 Å². The first-order valence-corrected chi connectivity index (χ1v) is 5.41. The van der Waals surface area contributed by atoms with Crippen molar-refractivity contribution in [3.63, 3.8) is 0 Å². The molecule has 0 atom stereocenters. The highest BCUT2D eigenvalue weighted by Gasteiger charge is 2.10. The van der Waals surface area contributed by atoms with E-state index in [4.69, 9.17) is 0 Å². The Morgan fingerprint density at radius 2 is 1.57 bits per heavy atom. The van der Waals surface area contributed by atoms with Gasteiger partial charge in [-0.25, -0.2) is 0 Å². The van der Waals surface area contributed by atoms with Crippen molar-refractivity contribution in [2.24, 2.45) is 0 Å². The van der Waals surface area contributed by atoms with Crippen LogP contribution in [-0.2, 0) is 0 Å². The van der Waals surface area contributed by atoms with Gasteiger partial charge in [-0.1, -0.05) is 27.7 Å². The highest BCUT2D eigenvalue weighted by atomic mass is 14.7. The first-order chi connectivity index (χ1) is 6.43. The fraction of sp³-hybridized carbons (Fsp3) is 0.615. The Kier molecular flexibility index (Phi) is 3.30. The molecular formula is C13H21N. The molecule has 0 bridgehead atoms. The van der Waals surface area contributed by atoms with Gasteiger partial charge in [-0.3, -0.25) is 4.98 Å². The van der Waals surface area contributed by atoms with E-state index in [1.165, 1.54) is 22.5 Å². The number of hydrogen-bond donors (Lipinski definition) is 0. The summed E-state index contributed by atoms with van der Waals surface area (Å²) in [6.07, 6.45) is 0. The molecule has 1 aromatic heterocycles. The summed E-state index contributed by atoms with van der Waals surface area (Å²) in [4.78, 5) is 4.62. The second kappa shape index (κ2) is 4.12. The number of hydrogen-bond acceptors (Lipinski definition) is 1. The molecule has 0 saturated heterocycles. The molecule has 0 amide bonds. The molecule has 0 N–H and O–H groups in total. The van der Waals surface area contributed by atoms with Crippen LogP contribution in [0.1, 0.15) is 62.0 Å². The van der Waals surface area contributed by atoms with E-state index in [1.54, 1.807) is 0 Å². The lowest BCUT2D eigenvalue weighted by molar-refractivity contribution is 0.784. The average Bonchev–Trinajstić information content (AvgIpc) is 2.08. The minimum absolute atomic E-state index is 0.520. The Morgan fingerprint density at radius 3 is 2.00 bits per heavy atom. The van der Waals surface area contributed by atoms with Crippen molar-refractivity contribution >= 4 is 0 Å². The molecule has 1 aromatic rings. The van der Waals surface area contributed by atoms with E-state index >= 15 is 0 Å². The molecule has 1 nitrogen and oxygen atoms in total. The number of aromatic nitrogens is 1. The van der Waals surface area contributed by atoms with E-state index in [0.29, 0.717) is 11.8 Å². The number of rotatable bonds is 2. The summed E-state index contributed by atoms with van der Waals surface area (Å²) in [6.45, 7) is 13.1. The topological polar surface area (TPSA) is 12.9 Å². The zero-order valence-electron chi connectivity index (χ0n) is 10.2. The summed E-state index contributed by atoms with van der Waals surface area (Å²) >= 11 is 0. The first kappa shape index (κ1) is 11.2. The van der Waals surface area contributed by atoms with Crippen molar-refractivity contribution in [2.45, 2.75) is 53.4 Å². The highest BCUT2D eigenvalue weighted by Crippen LogP contribution is 2.24. The highest BCUT2D eigenvalue weighted by molar-refractivity contribution is 5.34. The van der Waals surface area contributed by atoms with E-state index in [0.717, 1.165) is 0 Å². The van der Waals surface area contributed by atoms with Gasteiger partial charge in [0.2, 0.25) is 0 Å². The van der Waals surface area contributed by atoms with E-state index in [2.05, 4.69) is 52.6 Å². The second-order valence-electron chi connectivity index (χ2n) is 4.66. The fourth-order valence-corrected chi connectivity index (χ4v) is 1.68. The molecule has 0 unspecified atom stereocenters. The van der Waals surface area contributed by atoms with Crippen molar-refractivity contribution in [1.82, 2.24) is 4.98 Å². The van der Waals surface area contributed by atoms with Crippen LogP contribution in [0.3, 0.4) is 0 Å². The van der Waals surface area contributed by atoms with Gasteiger partial charge in [-0.2, -0.15) is 0 Å². The molecule has 1 heteroatoms. The van der Waals surface area contributed by atoms with E-state index in [-0.39, 0.29) is 0 Å². The number of aryl methyl sites for hydroxylation is 1. The molecule has 14 heavy (non-hydrogen) atoms. The zero-order chi connectivity index (χ0) is 10.9. The molecule has 0 spiro atoms. The van der Waals surface area contributed by atoms with Crippen LogP contribution in [0.5, 0.6) is 0 Å². The van der Waals surface area contributed by atoms with Crippen LogP contribution >= 0.6 is 0 Å². The molecule has 0 aliphatic rings. The van der Waals surface area contributed by atoms with Gasteiger partial charge < -0.3 is 0 Å². The Balaban J connectivity index is 3.28. The maximum Gasteiger partial charge on any atom is 0.0435 e. The van der Waals surface area contributed by atoms with Crippen molar-refractivity contribution in [3.8, 4) is 0 Å². The lowest BCUT2D eigenvalue weighted by Crippen LogP contribution is -2.03. The standard InChI is InChI=1S/C13H21N/c1-8(2)12-7-13(9(3)4)14-11(6)10(12)5/h7-9H,1-6H3. The summed E-state index contributed by atoms with van der Waals surface area (Å²) in [5.41, 5.74) is 5.20. The predicted octanol–water partition coefficient (Wildman–Crippen LogP) is 3.95. The van der Waals surface area contributed by atoms with E-state index < -0.39 is 0 Å². The SMILES string of the molecule is Cc1nc(C(C)C)cc(C(C)C)c1C. The quantitative estimate of drug-likeness (QED) is 0.690. The minimum atomic E-state index is 0.520. The largest absolute Gasteiger partial charge is 0.258 e. The van der Waals surface area contributed by atoms with Crippen LogP contribution in [0.15, 0.2) is 6.07 Å². The average molecular weight is 191 g/mol. The summed E-state index contributed by atoms with van der Waals surface area (Å²) < 4.78 is 0. The van der Waals surface area contributed by atoms with Crippen LogP contribution in [0.4, 0.5) is 0 Å². The molecule has 78 valence electrons. The van der Waals surface area contributed by atoms with Crippen molar-refractivity contribution in [2.75, 3.05) is 0 Å². The zero-order valence-corrected chi connectivity index (χ0v) is 10.2. The minimum Gasteiger partial charge on any atom is -0.258 e. The summed E-state index contributed by atoms with van der Waals surface area (Å²) in [6, 6.07) is 2.26. The maximum atomic E-state index is 4.62. The van der Waals surface area contributed by atoms with E-state index in [1.807, 2.05) is 0 Å². The Morgan fingerprint density at radius 1 is 1.00 bits per heavy atom. The van der Waals surface area contributed by atoms with Gasteiger partial charge in [0.15, 0.2) is 0 Å². The normalized spacial score (nSPS) is 11.4. The summed E-state index contributed by atoms with van der Waals surface area (Å²) in [5, 5.41) is 0. The van der Waals surface area contributed by atoms with Gasteiger partial charge >= 0.3 is 0 Å². The van der Waals surface area contributed by atoms with Crippen molar-refractivity contribution in [1.29, 1.82) is 0 Å². The van der Waals surface area contributed by atoms with Crippen LogP contribution in [0, 0.1) is 13.8 Å². The second-order valence-corrected chi connectivity index (χ2v) is 4.66. The molecule has 1 heterocycles. The van der Waals surface area contributed by atoms with Crippen LogP contribution in [0.2, 0.25) is 0 Å². The molecule has 0 fully saturated rings. The molecule has 0 aliphatic heterocycles. The Bertz CT molecular complexity index is 324. The van der Waals surface area contributed by atoms with Gasteiger partial charge in [0.25, 0.3) is 0 Å². The smallest absolute Gasteiger partial charge is 0.0435 e. The van der Waals surface area contributed by atoms with Gasteiger partial charge in [0.1, 0.15) is 0 Å². The van der Waals surface area contributed by atoms with Crippen molar-refractivity contribution in [3.05, 3.63) is 28.6 Å². The maximum absolute atomic E-state index is 4.62. The number of nitrogens with zero attached hydrogens (tertiary/aromatic N) is 1. The third-order valence-corrected chi connectivity index (χ3v) is 2.79. The summed E-state index contributed by atoms with van der Waals surface area (Å²) in [7, 11) is 0. The fourth-order valence-electron chi connectivity index (χ4n) is 1.68. The molecule has 0 aliphatic carbocycles. The Labute approximate surface area is 87.6 Å². The molecule has 0 radical (unpaired) electrons. The lowest BCUT2D eigenvalue weighted by Gasteiger charge is -2.15. The lowest BCUT2D eigenvalue weighted by atomic mass is 9.94. The monoisotopic (exact) mass is 191 g/mol. The third kappa shape index (κ3) is 2.14. The molecule has 1 rings (SSSR count). The van der Waals surface area contributed by atoms with Crippen molar-refractivity contribution < 1.29 is 0 Å². The Hall–Kier alpha value is -0.850. The summed E-state index contributed by atoms with van der Waals surface area (Å²) in [5.74, 6) is 1.11. The molecule has 0 aromatic carbocycles. The molecule has 0 saturated carbocycles. The van der Waals surface area contributed by atoms with Crippen LogP contribution < -0.4 is 0 Å². The van der Waals surface area contributed by atoms with Gasteiger partial charge in [-0.05, 0) is 42.9 Å². The van der Waals surface area contributed by atoms with Gasteiger partial charge in [-0.15, -0.1) is 0 Å².